The first kappa shape index (κ1) is 33.6. The van der Waals surface area contributed by atoms with Gasteiger partial charge >= 0.3 is 29.6 Å². The van der Waals surface area contributed by atoms with Gasteiger partial charge in [-0.1, -0.05) is 142 Å². The summed E-state index contributed by atoms with van der Waals surface area (Å²) in [5, 5.41) is 2.85. The van der Waals surface area contributed by atoms with Crippen molar-refractivity contribution < 1.29 is 35.8 Å². The second-order valence-corrected chi connectivity index (χ2v) is 9.73. The van der Waals surface area contributed by atoms with E-state index in [-0.39, 0.29) is 36.5 Å². The maximum Gasteiger partial charge on any atom is 1.00 e. The molecular weight excluding hydrogens is 391 g/mol. The summed E-state index contributed by atoms with van der Waals surface area (Å²) in [7, 11) is 0. The van der Waals surface area contributed by atoms with E-state index in [2.05, 4.69) is 19.2 Å². The zero-order valence-corrected chi connectivity index (χ0v) is 23.8. The molecule has 0 atom stereocenters. The fourth-order valence-corrected chi connectivity index (χ4v) is 4.48. The van der Waals surface area contributed by atoms with Crippen molar-refractivity contribution in [2.24, 2.45) is 5.73 Å². The van der Waals surface area contributed by atoms with Crippen LogP contribution in [-0.2, 0) is 4.79 Å². The van der Waals surface area contributed by atoms with Crippen molar-refractivity contribution in [3.05, 3.63) is 0 Å². The first-order valence-electron chi connectivity index (χ1n) is 13.6. The van der Waals surface area contributed by atoms with Crippen LogP contribution in [0, 0.1) is 0 Å². The van der Waals surface area contributed by atoms with Gasteiger partial charge in [0.05, 0.1) is 0 Å². The molecule has 0 aromatic rings. The largest absolute Gasteiger partial charge is 1.00 e. The molecule has 3 N–H and O–H groups in total. The van der Waals surface area contributed by atoms with Crippen molar-refractivity contribution in [2.75, 3.05) is 6.54 Å². The number of carbonyl (C=O) groups is 1. The summed E-state index contributed by atoms with van der Waals surface area (Å²) < 4.78 is 0. The van der Waals surface area contributed by atoms with Gasteiger partial charge in [-0.15, -0.1) is 0 Å². The van der Waals surface area contributed by atoms with Gasteiger partial charge in [-0.05, 0) is 12.8 Å². The third kappa shape index (κ3) is 24.9. The van der Waals surface area contributed by atoms with Gasteiger partial charge in [-0.2, -0.15) is 0 Å². The molecule has 0 aliphatic heterocycles. The van der Waals surface area contributed by atoms with E-state index < -0.39 is 0 Å². The molecule has 0 unspecified atom stereocenters. The minimum atomic E-state index is -0.207. The Morgan fingerprint density at radius 2 is 0.903 bits per heavy atom. The zero-order chi connectivity index (χ0) is 22.2. The Morgan fingerprint density at radius 3 is 1.19 bits per heavy atom. The van der Waals surface area contributed by atoms with Gasteiger partial charge in [-0.3, -0.25) is 4.79 Å². The summed E-state index contributed by atoms with van der Waals surface area (Å²) in [5.74, 6) is 0. The van der Waals surface area contributed by atoms with Crippen LogP contribution in [0.15, 0.2) is 0 Å². The number of amides is 1. The Morgan fingerprint density at radius 1 is 0.613 bits per heavy atom. The molecule has 0 bridgehead atoms. The minimum absolute atomic E-state index is 0. The van der Waals surface area contributed by atoms with E-state index in [1.165, 1.54) is 128 Å². The standard InChI is InChI=1S/C27H56N2O.Na.H/c1-3-5-7-9-11-13-15-17-19-21-23-27(28,25-29-26-30)24-22-20-18-16-14-12-10-8-6-4-2;;/h26H,3-25,28H2,1-2H3,(H,29,30);;/q;+1;-1. The third-order valence-corrected chi connectivity index (χ3v) is 6.59. The van der Waals surface area contributed by atoms with Crippen molar-refractivity contribution in [3.8, 4) is 0 Å². The molecule has 31 heavy (non-hydrogen) atoms. The maximum atomic E-state index is 10.8. The smallest absolute Gasteiger partial charge is 1.00 e. The van der Waals surface area contributed by atoms with Crippen molar-refractivity contribution in [1.29, 1.82) is 0 Å². The molecule has 0 saturated heterocycles. The minimum Gasteiger partial charge on any atom is -1.00 e. The number of rotatable bonds is 25. The van der Waals surface area contributed by atoms with Gasteiger partial charge in [0.2, 0.25) is 6.41 Å². The summed E-state index contributed by atoms with van der Waals surface area (Å²) in [5.41, 5.74) is 6.47. The number of unbranched alkanes of at least 4 members (excludes halogenated alkanes) is 18. The third-order valence-electron chi connectivity index (χ3n) is 6.59. The van der Waals surface area contributed by atoms with Crippen molar-refractivity contribution >= 4 is 6.41 Å². The molecule has 0 aliphatic carbocycles. The second-order valence-electron chi connectivity index (χ2n) is 9.73. The van der Waals surface area contributed by atoms with Gasteiger partial charge in [0, 0.05) is 12.1 Å². The van der Waals surface area contributed by atoms with Gasteiger partial charge < -0.3 is 12.5 Å². The van der Waals surface area contributed by atoms with Crippen LogP contribution >= 0.6 is 0 Å². The Balaban J connectivity index is -0.00000420. The summed E-state index contributed by atoms with van der Waals surface area (Å²) >= 11 is 0. The first-order valence-corrected chi connectivity index (χ1v) is 13.6. The summed E-state index contributed by atoms with van der Waals surface area (Å²) in [6.45, 7) is 5.18. The van der Waals surface area contributed by atoms with E-state index in [9.17, 15) is 4.79 Å². The number of carbonyl (C=O) groups excluding carboxylic acids is 1. The molecule has 0 radical (unpaired) electrons. The Bertz CT molecular complexity index is 335. The van der Waals surface area contributed by atoms with Crippen LogP contribution in [0.4, 0.5) is 0 Å². The average Bonchev–Trinajstić information content (AvgIpc) is 2.75. The SMILES string of the molecule is CCCCCCCCCCCCC(N)(CCCCCCCCCCCC)CNC=O.[H-].[Na+]. The predicted molar refractivity (Wildman–Crippen MR) is 135 cm³/mol. The molecule has 0 aromatic carbocycles. The van der Waals surface area contributed by atoms with E-state index in [4.69, 9.17) is 5.73 Å². The van der Waals surface area contributed by atoms with E-state index in [0.717, 1.165) is 19.3 Å². The molecule has 4 heteroatoms. The molecule has 0 spiro atoms. The van der Waals surface area contributed by atoms with Gasteiger partial charge in [-0.25, -0.2) is 0 Å². The van der Waals surface area contributed by atoms with Gasteiger partial charge in [0.15, 0.2) is 0 Å². The molecule has 0 saturated carbocycles. The second kappa shape index (κ2) is 26.7. The van der Waals surface area contributed by atoms with Crippen LogP contribution < -0.4 is 40.6 Å². The van der Waals surface area contributed by atoms with Crippen molar-refractivity contribution in [3.63, 3.8) is 0 Å². The van der Waals surface area contributed by atoms with Crippen LogP contribution in [0.2, 0.25) is 0 Å². The molecule has 0 heterocycles. The molecular formula is C27H57N2NaO. The van der Waals surface area contributed by atoms with Crippen LogP contribution in [-0.4, -0.2) is 18.5 Å². The molecule has 0 fully saturated rings. The summed E-state index contributed by atoms with van der Waals surface area (Å²) in [4.78, 5) is 10.8. The number of nitrogens with two attached hydrogens (primary N) is 1. The van der Waals surface area contributed by atoms with Crippen molar-refractivity contribution in [2.45, 2.75) is 161 Å². The molecule has 1 amide bonds. The van der Waals surface area contributed by atoms with Gasteiger partial charge in [0.25, 0.3) is 0 Å². The number of hydrogen-bond acceptors (Lipinski definition) is 2. The van der Waals surface area contributed by atoms with E-state index in [1.54, 1.807) is 0 Å². The Hall–Kier alpha value is 0.430. The molecule has 3 nitrogen and oxygen atoms in total. The monoisotopic (exact) mass is 448 g/mol. The predicted octanol–water partition coefficient (Wildman–Crippen LogP) is 5.17. The summed E-state index contributed by atoms with van der Waals surface area (Å²) in [6, 6.07) is 0. The Labute approximate surface area is 219 Å². The van der Waals surface area contributed by atoms with Gasteiger partial charge in [0.1, 0.15) is 0 Å². The van der Waals surface area contributed by atoms with E-state index >= 15 is 0 Å². The quantitative estimate of drug-likeness (QED) is 0.115. The first-order chi connectivity index (χ1) is 14.7. The molecule has 0 rings (SSSR count). The normalized spacial score (nSPS) is 11.3. The Kier molecular flexibility index (Phi) is 28.9. The van der Waals surface area contributed by atoms with Crippen LogP contribution in [0.3, 0.4) is 0 Å². The fraction of sp³-hybridized carbons (Fsp3) is 0.963. The topological polar surface area (TPSA) is 55.1 Å². The summed E-state index contributed by atoms with van der Waals surface area (Å²) in [6.07, 6.45) is 30.0. The number of hydrogen-bond donors (Lipinski definition) is 2. The zero-order valence-electron chi connectivity index (χ0n) is 22.8. The van der Waals surface area contributed by atoms with Crippen LogP contribution in [0.1, 0.15) is 157 Å². The average molecular weight is 449 g/mol. The molecule has 0 aliphatic rings. The van der Waals surface area contributed by atoms with Crippen LogP contribution in [0.5, 0.6) is 0 Å². The molecule has 182 valence electrons. The number of nitrogens with one attached hydrogen (secondary N) is 1. The van der Waals surface area contributed by atoms with Crippen molar-refractivity contribution in [1.82, 2.24) is 5.32 Å². The molecule has 0 aromatic heterocycles. The van der Waals surface area contributed by atoms with Crippen LogP contribution in [0.25, 0.3) is 0 Å². The van der Waals surface area contributed by atoms with E-state index in [1.807, 2.05) is 0 Å². The van der Waals surface area contributed by atoms with E-state index in [0.29, 0.717) is 6.54 Å². The maximum absolute atomic E-state index is 10.8. The fourth-order valence-electron chi connectivity index (χ4n) is 4.48.